The average Bonchev–Trinajstić information content (AvgIpc) is 2.45. The summed E-state index contributed by atoms with van der Waals surface area (Å²) < 4.78 is 18.7. The van der Waals surface area contributed by atoms with Crippen LogP contribution in [0.5, 0.6) is 5.75 Å². The number of anilines is 1. The van der Waals surface area contributed by atoms with Crippen LogP contribution in [0.1, 0.15) is 21.5 Å². The van der Waals surface area contributed by atoms with Crippen LogP contribution in [-0.4, -0.2) is 11.1 Å². The largest absolute Gasteiger partial charge is 0.487 e. The Kier molecular flexibility index (Phi) is 4.05. The summed E-state index contributed by atoms with van der Waals surface area (Å²) >= 11 is 0. The number of benzene rings is 2. The summed E-state index contributed by atoms with van der Waals surface area (Å²) in [6, 6.07) is 9.81. The topological polar surface area (TPSA) is 96.3 Å². The highest BCUT2D eigenvalue weighted by atomic mass is 19.1. The van der Waals surface area contributed by atoms with Crippen molar-refractivity contribution in [2.45, 2.75) is 6.61 Å². The van der Waals surface area contributed by atoms with Crippen molar-refractivity contribution in [2.75, 3.05) is 5.73 Å². The molecule has 21 heavy (non-hydrogen) atoms. The molecule has 0 heterocycles. The fraction of sp³-hybridized carbons (Fsp3) is 0.0667. The molecule has 0 saturated heterocycles. The second kappa shape index (κ2) is 5.92. The van der Waals surface area contributed by atoms with Gasteiger partial charge < -0.3 is 15.6 Å². The Bertz CT molecular complexity index is 738. The van der Waals surface area contributed by atoms with Gasteiger partial charge in [0.25, 0.3) is 0 Å². The highest BCUT2D eigenvalue weighted by molar-refractivity contribution is 5.89. The lowest BCUT2D eigenvalue weighted by Gasteiger charge is -2.10. The van der Waals surface area contributed by atoms with Crippen molar-refractivity contribution in [2.24, 2.45) is 0 Å². The normalized spacial score (nSPS) is 9.90. The fourth-order valence-corrected chi connectivity index (χ4v) is 1.77. The number of aromatic carboxylic acids is 1. The Hall–Kier alpha value is -3.07. The summed E-state index contributed by atoms with van der Waals surface area (Å²) in [6.45, 7) is 0.0169. The monoisotopic (exact) mass is 286 g/mol. The maximum absolute atomic E-state index is 13.3. The number of carbonyl (C=O) groups is 1. The van der Waals surface area contributed by atoms with Crippen molar-refractivity contribution >= 4 is 11.7 Å². The molecule has 0 radical (unpaired) electrons. The van der Waals surface area contributed by atoms with E-state index < -0.39 is 11.8 Å². The third-order valence-electron chi connectivity index (χ3n) is 2.74. The molecule has 106 valence electrons. The lowest BCUT2D eigenvalue weighted by Crippen LogP contribution is -2.02. The molecule has 0 aliphatic carbocycles. The van der Waals surface area contributed by atoms with Gasteiger partial charge in [-0.05, 0) is 42.0 Å². The number of halogens is 1. The molecule has 0 bridgehead atoms. The van der Waals surface area contributed by atoms with E-state index in [1.807, 2.05) is 6.07 Å². The van der Waals surface area contributed by atoms with Crippen LogP contribution in [0.15, 0.2) is 36.4 Å². The molecule has 0 aliphatic heterocycles. The molecule has 0 aliphatic rings. The zero-order chi connectivity index (χ0) is 15.4. The van der Waals surface area contributed by atoms with Gasteiger partial charge in [-0.2, -0.15) is 5.26 Å². The number of carboxylic acid groups (broad SMARTS) is 1. The molecule has 0 saturated carbocycles. The number of nitrogen functional groups attached to an aromatic ring is 1. The molecule has 2 aromatic carbocycles. The number of ether oxygens (including phenoxy) is 1. The number of rotatable bonds is 4. The Labute approximate surface area is 120 Å². The Morgan fingerprint density at radius 2 is 2.10 bits per heavy atom. The lowest BCUT2D eigenvalue weighted by atomic mass is 10.1. The van der Waals surface area contributed by atoms with Crippen molar-refractivity contribution in [3.63, 3.8) is 0 Å². The van der Waals surface area contributed by atoms with Crippen molar-refractivity contribution in [1.82, 2.24) is 0 Å². The number of nitrogens with two attached hydrogens (primary N) is 1. The quantitative estimate of drug-likeness (QED) is 0.842. The van der Waals surface area contributed by atoms with Crippen molar-refractivity contribution < 1.29 is 19.0 Å². The van der Waals surface area contributed by atoms with Crippen molar-refractivity contribution in [1.29, 1.82) is 5.26 Å². The van der Waals surface area contributed by atoms with E-state index in [0.717, 1.165) is 6.07 Å². The molecule has 0 fully saturated rings. The van der Waals surface area contributed by atoms with Gasteiger partial charge in [-0.1, -0.05) is 0 Å². The van der Waals surface area contributed by atoms with Crippen LogP contribution in [-0.2, 0) is 6.61 Å². The summed E-state index contributed by atoms with van der Waals surface area (Å²) in [5, 5.41) is 17.6. The second-order valence-corrected chi connectivity index (χ2v) is 4.31. The van der Waals surface area contributed by atoms with E-state index in [9.17, 15) is 9.18 Å². The molecule has 0 spiro atoms. The molecule has 5 nitrogen and oxygen atoms in total. The van der Waals surface area contributed by atoms with Gasteiger partial charge in [-0.25, -0.2) is 9.18 Å². The van der Waals surface area contributed by atoms with E-state index >= 15 is 0 Å². The molecular formula is C15H11FN2O3. The van der Waals surface area contributed by atoms with Crippen LogP contribution < -0.4 is 10.5 Å². The van der Waals surface area contributed by atoms with E-state index in [1.165, 1.54) is 30.3 Å². The first-order valence-corrected chi connectivity index (χ1v) is 5.95. The van der Waals surface area contributed by atoms with Crippen LogP contribution >= 0.6 is 0 Å². The molecule has 2 aromatic rings. The van der Waals surface area contributed by atoms with Crippen LogP contribution in [0.3, 0.4) is 0 Å². The first-order chi connectivity index (χ1) is 9.99. The molecule has 0 aromatic heterocycles. The highest BCUT2D eigenvalue weighted by Crippen LogP contribution is 2.24. The zero-order valence-electron chi connectivity index (χ0n) is 10.8. The summed E-state index contributed by atoms with van der Waals surface area (Å²) in [7, 11) is 0. The van der Waals surface area contributed by atoms with E-state index in [1.54, 1.807) is 0 Å². The third-order valence-corrected chi connectivity index (χ3v) is 2.74. The molecule has 3 N–H and O–H groups in total. The van der Waals surface area contributed by atoms with Gasteiger partial charge in [0.2, 0.25) is 0 Å². The fourth-order valence-electron chi connectivity index (χ4n) is 1.77. The number of carboxylic acids is 1. The van der Waals surface area contributed by atoms with E-state index in [2.05, 4.69) is 0 Å². The van der Waals surface area contributed by atoms with E-state index in [-0.39, 0.29) is 23.4 Å². The van der Waals surface area contributed by atoms with Gasteiger partial charge in [0, 0.05) is 0 Å². The van der Waals surface area contributed by atoms with E-state index in [4.69, 9.17) is 20.8 Å². The maximum atomic E-state index is 13.3. The van der Waals surface area contributed by atoms with Crippen molar-refractivity contribution in [3.8, 4) is 11.8 Å². The highest BCUT2D eigenvalue weighted by Gasteiger charge is 2.08. The molecule has 6 heteroatoms. The van der Waals surface area contributed by atoms with Gasteiger partial charge in [0.05, 0.1) is 22.9 Å². The first kappa shape index (κ1) is 14.3. The van der Waals surface area contributed by atoms with Crippen LogP contribution in [0.4, 0.5) is 10.1 Å². The summed E-state index contributed by atoms with van der Waals surface area (Å²) in [5.41, 5.74) is 6.60. The van der Waals surface area contributed by atoms with Gasteiger partial charge >= 0.3 is 5.97 Å². The number of nitrogens with zero attached hydrogens (tertiary/aromatic N) is 1. The smallest absolute Gasteiger partial charge is 0.335 e. The minimum atomic E-state index is -1.09. The third kappa shape index (κ3) is 3.48. The number of nitriles is 1. The molecule has 0 amide bonds. The molecule has 0 atom stereocenters. The van der Waals surface area contributed by atoms with Crippen LogP contribution in [0.25, 0.3) is 0 Å². The van der Waals surface area contributed by atoms with Crippen molar-refractivity contribution in [3.05, 3.63) is 58.9 Å². The van der Waals surface area contributed by atoms with Crippen LogP contribution in [0.2, 0.25) is 0 Å². The van der Waals surface area contributed by atoms with Gasteiger partial charge in [0.1, 0.15) is 18.2 Å². The molecule has 0 unspecified atom stereocenters. The van der Waals surface area contributed by atoms with Crippen LogP contribution in [0, 0.1) is 17.1 Å². The average molecular weight is 286 g/mol. The predicted octanol–water partition coefficient (Wildman–Crippen LogP) is 2.56. The maximum Gasteiger partial charge on any atom is 0.335 e. The van der Waals surface area contributed by atoms with E-state index in [0.29, 0.717) is 11.3 Å². The Balaban J connectivity index is 2.15. The Morgan fingerprint density at radius 3 is 2.71 bits per heavy atom. The second-order valence-electron chi connectivity index (χ2n) is 4.31. The Morgan fingerprint density at radius 1 is 1.33 bits per heavy atom. The minimum Gasteiger partial charge on any atom is -0.487 e. The minimum absolute atomic E-state index is 0.0169. The van der Waals surface area contributed by atoms with Gasteiger partial charge in [-0.3, -0.25) is 0 Å². The standard InChI is InChI=1S/C15H11FN2O3/c16-12-4-9(7-17)3-10(5-12)8-21-14-2-1-11(15(19)20)6-13(14)18/h1-6H,8,18H2,(H,19,20). The number of hydrogen-bond donors (Lipinski definition) is 2. The first-order valence-electron chi connectivity index (χ1n) is 5.95. The summed E-state index contributed by atoms with van der Waals surface area (Å²) in [4.78, 5) is 10.8. The zero-order valence-corrected chi connectivity index (χ0v) is 10.8. The van der Waals surface area contributed by atoms with Gasteiger partial charge in [0.15, 0.2) is 0 Å². The lowest BCUT2D eigenvalue weighted by molar-refractivity contribution is 0.0697. The summed E-state index contributed by atoms with van der Waals surface area (Å²) in [5.74, 6) is -1.32. The number of hydrogen-bond acceptors (Lipinski definition) is 4. The molecule has 2 rings (SSSR count). The SMILES string of the molecule is N#Cc1cc(F)cc(COc2ccc(C(=O)O)cc2N)c1. The van der Waals surface area contributed by atoms with Gasteiger partial charge in [-0.15, -0.1) is 0 Å². The molecular weight excluding hydrogens is 275 g/mol. The predicted molar refractivity (Wildman–Crippen MR) is 73.3 cm³/mol. The summed E-state index contributed by atoms with van der Waals surface area (Å²) in [6.07, 6.45) is 0.